The predicted octanol–water partition coefficient (Wildman–Crippen LogP) is 2.93. The highest BCUT2D eigenvalue weighted by Gasteiger charge is 2.23. The minimum Gasteiger partial charge on any atom is -0.335 e. The summed E-state index contributed by atoms with van der Waals surface area (Å²) in [6.07, 6.45) is 2.17. The summed E-state index contributed by atoms with van der Waals surface area (Å²) >= 11 is 5.85. The Labute approximate surface area is 93.8 Å². The Morgan fingerprint density at radius 2 is 2.20 bits per heavy atom. The monoisotopic (exact) mass is 224 g/mol. The van der Waals surface area contributed by atoms with Gasteiger partial charge in [-0.15, -0.1) is 0 Å². The van der Waals surface area contributed by atoms with Gasteiger partial charge in [-0.05, 0) is 37.5 Å². The Bertz CT molecular complexity index is 388. The van der Waals surface area contributed by atoms with Crippen LogP contribution in [-0.2, 0) is 0 Å². The molecule has 0 atom stereocenters. The molecular formula is C11H13ClN2O. The number of hydrogen-bond donors (Lipinski definition) is 2. The van der Waals surface area contributed by atoms with Crippen molar-refractivity contribution in [2.24, 2.45) is 0 Å². The van der Waals surface area contributed by atoms with E-state index in [1.807, 2.05) is 13.0 Å². The molecule has 1 aromatic rings. The Morgan fingerprint density at radius 3 is 2.87 bits per heavy atom. The number of carbonyl (C=O) groups excluding carboxylic acids is 1. The third-order valence-electron chi connectivity index (χ3n) is 2.36. The maximum Gasteiger partial charge on any atom is 0.319 e. The largest absolute Gasteiger partial charge is 0.335 e. The fourth-order valence-corrected chi connectivity index (χ4v) is 1.47. The van der Waals surface area contributed by atoms with Crippen LogP contribution in [0.3, 0.4) is 0 Å². The molecule has 80 valence electrons. The summed E-state index contributed by atoms with van der Waals surface area (Å²) in [5, 5.41) is 6.27. The fourth-order valence-electron chi connectivity index (χ4n) is 1.30. The van der Waals surface area contributed by atoms with Gasteiger partial charge in [0, 0.05) is 16.8 Å². The van der Waals surface area contributed by atoms with Crippen molar-refractivity contribution < 1.29 is 4.79 Å². The molecule has 1 aromatic carbocycles. The number of rotatable bonds is 2. The van der Waals surface area contributed by atoms with Crippen LogP contribution in [0.4, 0.5) is 10.5 Å². The maximum atomic E-state index is 11.5. The van der Waals surface area contributed by atoms with E-state index >= 15 is 0 Å². The first-order valence-electron chi connectivity index (χ1n) is 4.99. The Morgan fingerprint density at radius 1 is 1.47 bits per heavy atom. The van der Waals surface area contributed by atoms with E-state index in [9.17, 15) is 4.79 Å². The van der Waals surface area contributed by atoms with Gasteiger partial charge in [0.1, 0.15) is 0 Å². The molecule has 4 heteroatoms. The third kappa shape index (κ3) is 2.86. The van der Waals surface area contributed by atoms with Crippen LogP contribution in [0.25, 0.3) is 0 Å². The number of amides is 2. The molecule has 0 aromatic heterocycles. The normalized spacial score (nSPS) is 14.8. The SMILES string of the molecule is Cc1ccc(Cl)cc1NC(=O)NC1CC1. The summed E-state index contributed by atoms with van der Waals surface area (Å²) in [6, 6.07) is 5.66. The molecule has 0 saturated heterocycles. The van der Waals surface area contributed by atoms with Crippen LogP contribution >= 0.6 is 11.6 Å². The minimum atomic E-state index is -0.150. The van der Waals surface area contributed by atoms with Crippen LogP contribution in [0.1, 0.15) is 18.4 Å². The molecule has 2 amide bonds. The zero-order valence-electron chi connectivity index (χ0n) is 8.51. The molecule has 0 heterocycles. The molecule has 2 rings (SSSR count). The summed E-state index contributed by atoms with van der Waals surface area (Å²) in [4.78, 5) is 11.5. The molecule has 2 N–H and O–H groups in total. The molecule has 1 saturated carbocycles. The molecule has 0 spiro atoms. The quantitative estimate of drug-likeness (QED) is 0.797. The number of urea groups is 1. The van der Waals surface area contributed by atoms with Crippen LogP contribution in [-0.4, -0.2) is 12.1 Å². The summed E-state index contributed by atoms with van der Waals surface area (Å²) in [6.45, 7) is 1.93. The van der Waals surface area contributed by atoms with Crippen molar-refractivity contribution in [2.75, 3.05) is 5.32 Å². The molecule has 3 nitrogen and oxygen atoms in total. The lowest BCUT2D eigenvalue weighted by atomic mass is 10.2. The number of benzene rings is 1. The predicted molar refractivity (Wildman–Crippen MR) is 61.4 cm³/mol. The van der Waals surface area contributed by atoms with Crippen LogP contribution < -0.4 is 10.6 Å². The summed E-state index contributed by atoms with van der Waals surface area (Å²) in [7, 11) is 0. The first kappa shape index (κ1) is 10.3. The zero-order chi connectivity index (χ0) is 10.8. The average Bonchev–Trinajstić information content (AvgIpc) is 2.95. The van der Waals surface area contributed by atoms with Gasteiger partial charge in [0.25, 0.3) is 0 Å². The molecule has 0 radical (unpaired) electrons. The molecule has 0 bridgehead atoms. The van der Waals surface area contributed by atoms with Crippen molar-refractivity contribution in [3.05, 3.63) is 28.8 Å². The van der Waals surface area contributed by atoms with Crippen molar-refractivity contribution in [1.82, 2.24) is 5.32 Å². The summed E-state index contributed by atoms with van der Waals surface area (Å²) in [5.41, 5.74) is 1.77. The number of anilines is 1. The molecule has 1 fully saturated rings. The zero-order valence-corrected chi connectivity index (χ0v) is 9.27. The number of halogens is 1. The Kier molecular flexibility index (Phi) is 2.82. The van der Waals surface area contributed by atoms with Crippen LogP contribution in [0.2, 0.25) is 5.02 Å². The molecule has 0 unspecified atom stereocenters. The van der Waals surface area contributed by atoms with E-state index in [1.165, 1.54) is 0 Å². The second-order valence-corrected chi connectivity index (χ2v) is 4.27. The smallest absolute Gasteiger partial charge is 0.319 e. The van der Waals surface area contributed by atoms with Gasteiger partial charge in [0.15, 0.2) is 0 Å². The summed E-state index contributed by atoms with van der Waals surface area (Å²) in [5.74, 6) is 0. The van der Waals surface area contributed by atoms with Gasteiger partial charge in [-0.25, -0.2) is 4.79 Å². The molecule has 0 aliphatic heterocycles. The average molecular weight is 225 g/mol. The van der Waals surface area contributed by atoms with Gasteiger partial charge in [-0.1, -0.05) is 17.7 Å². The van der Waals surface area contributed by atoms with Gasteiger partial charge in [0.2, 0.25) is 0 Å². The van der Waals surface area contributed by atoms with Gasteiger partial charge in [0.05, 0.1) is 0 Å². The van der Waals surface area contributed by atoms with E-state index in [1.54, 1.807) is 12.1 Å². The molecule has 1 aliphatic carbocycles. The topological polar surface area (TPSA) is 41.1 Å². The number of carbonyl (C=O) groups is 1. The minimum absolute atomic E-state index is 0.150. The Balaban J connectivity index is 2.01. The van der Waals surface area contributed by atoms with Crippen molar-refractivity contribution >= 4 is 23.3 Å². The highest BCUT2D eigenvalue weighted by molar-refractivity contribution is 6.31. The lowest BCUT2D eigenvalue weighted by molar-refractivity contribution is 0.251. The highest BCUT2D eigenvalue weighted by Crippen LogP contribution is 2.21. The van der Waals surface area contributed by atoms with Crippen LogP contribution in [0.15, 0.2) is 18.2 Å². The van der Waals surface area contributed by atoms with Gasteiger partial charge < -0.3 is 10.6 Å². The van der Waals surface area contributed by atoms with Gasteiger partial charge in [-0.3, -0.25) is 0 Å². The lowest BCUT2D eigenvalue weighted by Crippen LogP contribution is -2.30. The first-order chi connectivity index (χ1) is 7.15. The van der Waals surface area contributed by atoms with Crippen molar-refractivity contribution in [3.63, 3.8) is 0 Å². The lowest BCUT2D eigenvalue weighted by Gasteiger charge is -2.09. The van der Waals surface area contributed by atoms with Gasteiger partial charge in [-0.2, -0.15) is 0 Å². The van der Waals surface area contributed by atoms with Crippen LogP contribution in [0.5, 0.6) is 0 Å². The van der Waals surface area contributed by atoms with E-state index in [2.05, 4.69) is 10.6 Å². The van der Waals surface area contributed by atoms with Gasteiger partial charge >= 0.3 is 6.03 Å². The standard InChI is InChI=1S/C11H13ClN2O/c1-7-2-3-8(12)6-10(7)14-11(15)13-9-4-5-9/h2-3,6,9H,4-5H2,1H3,(H2,13,14,15). The third-order valence-corrected chi connectivity index (χ3v) is 2.60. The summed E-state index contributed by atoms with van der Waals surface area (Å²) < 4.78 is 0. The van der Waals surface area contributed by atoms with Crippen molar-refractivity contribution in [1.29, 1.82) is 0 Å². The Hall–Kier alpha value is -1.22. The molecule has 15 heavy (non-hydrogen) atoms. The first-order valence-corrected chi connectivity index (χ1v) is 5.36. The number of nitrogens with one attached hydrogen (secondary N) is 2. The maximum absolute atomic E-state index is 11.5. The second kappa shape index (κ2) is 4.11. The highest BCUT2D eigenvalue weighted by atomic mass is 35.5. The van der Waals surface area contributed by atoms with E-state index < -0.39 is 0 Å². The second-order valence-electron chi connectivity index (χ2n) is 3.83. The van der Waals surface area contributed by atoms with E-state index in [-0.39, 0.29) is 6.03 Å². The van der Waals surface area contributed by atoms with E-state index in [4.69, 9.17) is 11.6 Å². The van der Waals surface area contributed by atoms with Crippen LogP contribution in [0, 0.1) is 6.92 Å². The number of hydrogen-bond acceptors (Lipinski definition) is 1. The van der Waals surface area contributed by atoms with E-state index in [0.29, 0.717) is 11.1 Å². The molecular weight excluding hydrogens is 212 g/mol. The number of aryl methyl sites for hydroxylation is 1. The van der Waals surface area contributed by atoms with Crippen molar-refractivity contribution in [2.45, 2.75) is 25.8 Å². The van der Waals surface area contributed by atoms with E-state index in [0.717, 1.165) is 24.1 Å². The molecule has 1 aliphatic rings. The van der Waals surface area contributed by atoms with Crippen molar-refractivity contribution in [3.8, 4) is 0 Å². The fraction of sp³-hybridized carbons (Fsp3) is 0.364.